The first kappa shape index (κ1) is 16.0. The van der Waals surface area contributed by atoms with Gasteiger partial charge in [0.05, 0.1) is 0 Å². The Morgan fingerprint density at radius 3 is 2.62 bits per heavy atom. The fourth-order valence-electron chi connectivity index (χ4n) is 2.99. The molecule has 1 aromatic carbocycles. The monoisotopic (exact) mass is 288 g/mol. The van der Waals surface area contributed by atoms with Gasteiger partial charge in [0.15, 0.2) is 0 Å². The zero-order valence-corrected chi connectivity index (χ0v) is 13.9. The van der Waals surface area contributed by atoms with Gasteiger partial charge in [-0.1, -0.05) is 50.6 Å². The molecule has 0 aliphatic carbocycles. The van der Waals surface area contributed by atoms with E-state index in [1.807, 2.05) is 20.8 Å². The third-order valence-corrected chi connectivity index (χ3v) is 4.16. The van der Waals surface area contributed by atoms with E-state index in [1.54, 1.807) is 0 Å². The predicted octanol–water partition coefficient (Wildman–Crippen LogP) is 2.95. The van der Waals surface area contributed by atoms with Gasteiger partial charge < -0.3 is 10.2 Å². The first-order valence-electron chi connectivity index (χ1n) is 7.82. The molecule has 2 unspecified atom stereocenters. The molecule has 1 heterocycles. The van der Waals surface area contributed by atoms with Gasteiger partial charge in [-0.2, -0.15) is 0 Å². The van der Waals surface area contributed by atoms with Crippen molar-refractivity contribution in [2.75, 3.05) is 20.1 Å². The molecule has 1 amide bonds. The molecule has 1 N–H and O–H groups in total. The minimum absolute atomic E-state index is 0.144. The minimum Gasteiger partial charge on any atom is -0.352 e. The number of hydrogen-bond donors (Lipinski definition) is 1. The van der Waals surface area contributed by atoms with Gasteiger partial charge in [0.25, 0.3) is 0 Å². The van der Waals surface area contributed by atoms with Gasteiger partial charge >= 0.3 is 0 Å². The highest BCUT2D eigenvalue weighted by Crippen LogP contribution is 2.27. The number of amides is 1. The van der Waals surface area contributed by atoms with Crippen LogP contribution in [0.4, 0.5) is 0 Å². The first-order valence-corrected chi connectivity index (χ1v) is 7.82. The van der Waals surface area contributed by atoms with Gasteiger partial charge in [-0.15, -0.1) is 0 Å². The van der Waals surface area contributed by atoms with Crippen molar-refractivity contribution in [3.05, 3.63) is 35.4 Å². The summed E-state index contributed by atoms with van der Waals surface area (Å²) in [5.74, 6) is 0.639. The van der Waals surface area contributed by atoms with Crippen LogP contribution in [0.15, 0.2) is 24.3 Å². The lowest BCUT2D eigenvalue weighted by Gasteiger charge is -2.37. The SMILES string of the molecule is Cc1cccc(C2CC(NC(=O)C(C)(C)C)CN(C)C2)c1. The van der Waals surface area contributed by atoms with Crippen molar-refractivity contribution in [2.45, 2.75) is 46.1 Å². The molecule has 0 radical (unpaired) electrons. The number of nitrogens with zero attached hydrogens (tertiary/aromatic N) is 1. The quantitative estimate of drug-likeness (QED) is 0.907. The summed E-state index contributed by atoms with van der Waals surface area (Å²) in [7, 11) is 2.14. The summed E-state index contributed by atoms with van der Waals surface area (Å²) < 4.78 is 0. The molecule has 1 aliphatic heterocycles. The molecule has 0 bridgehead atoms. The van der Waals surface area contributed by atoms with Crippen LogP contribution in [0, 0.1) is 12.3 Å². The number of carbonyl (C=O) groups is 1. The van der Waals surface area contributed by atoms with E-state index in [9.17, 15) is 4.79 Å². The molecular formula is C18H28N2O. The van der Waals surface area contributed by atoms with E-state index in [-0.39, 0.29) is 17.4 Å². The number of likely N-dealkylation sites (tertiary alicyclic amines) is 1. The molecule has 2 atom stereocenters. The fourth-order valence-corrected chi connectivity index (χ4v) is 2.99. The number of carbonyl (C=O) groups excluding carboxylic acids is 1. The maximum atomic E-state index is 12.2. The second kappa shape index (κ2) is 6.18. The van der Waals surface area contributed by atoms with E-state index in [4.69, 9.17) is 0 Å². The van der Waals surface area contributed by atoms with E-state index in [0.717, 1.165) is 19.5 Å². The third-order valence-electron chi connectivity index (χ3n) is 4.16. The molecule has 0 aromatic heterocycles. The van der Waals surface area contributed by atoms with Crippen molar-refractivity contribution in [2.24, 2.45) is 5.41 Å². The number of hydrogen-bond acceptors (Lipinski definition) is 2. The molecule has 0 saturated carbocycles. The summed E-state index contributed by atoms with van der Waals surface area (Å²) in [4.78, 5) is 14.5. The van der Waals surface area contributed by atoms with E-state index < -0.39 is 0 Å². The highest BCUT2D eigenvalue weighted by atomic mass is 16.2. The second-order valence-corrected chi connectivity index (χ2v) is 7.49. The van der Waals surface area contributed by atoms with Crippen LogP contribution in [0.1, 0.15) is 44.2 Å². The Balaban J connectivity index is 2.07. The van der Waals surface area contributed by atoms with Crippen LogP contribution in [0.5, 0.6) is 0 Å². The molecular weight excluding hydrogens is 260 g/mol. The van der Waals surface area contributed by atoms with Crippen LogP contribution >= 0.6 is 0 Å². The third kappa shape index (κ3) is 4.31. The van der Waals surface area contributed by atoms with Gasteiger partial charge in [-0.25, -0.2) is 0 Å². The molecule has 116 valence electrons. The summed E-state index contributed by atoms with van der Waals surface area (Å²) in [5, 5.41) is 3.22. The van der Waals surface area contributed by atoms with Crippen LogP contribution in [0.3, 0.4) is 0 Å². The van der Waals surface area contributed by atoms with Crippen molar-refractivity contribution in [1.82, 2.24) is 10.2 Å². The smallest absolute Gasteiger partial charge is 0.225 e. The minimum atomic E-state index is -0.325. The summed E-state index contributed by atoms with van der Waals surface area (Å²) >= 11 is 0. The average molecular weight is 288 g/mol. The Kier molecular flexibility index (Phi) is 4.72. The molecule has 1 fully saturated rings. The van der Waals surface area contributed by atoms with E-state index in [0.29, 0.717) is 5.92 Å². The topological polar surface area (TPSA) is 32.3 Å². The van der Waals surface area contributed by atoms with E-state index in [2.05, 4.69) is 48.5 Å². The predicted molar refractivity (Wildman–Crippen MR) is 87.4 cm³/mol. The lowest BCUT2D eigenvalue weighted by molar-refractivity contribution is -0.129. The number of aryl methyl sites for hydroxylation is 1. The summed E-state index contributed by atoms with van der Waals surface area (Å²) in [5.41, 5.74) is 2.36. The molecule has 1 saturated heterocycles. The Hall–Kier alpha value is -1.35. The summed E-state index contributed by atoms with van der Waals surface area (Å²) in [6.45, 7) is 10.0. The van der Waals surface area contributed by atoms with Gasteiger partial charge in [0.2, 0.25) is 5.91 Å². The van der Waals surface area contributed by atoms with Gasteiger partial charge in [-0.3, -0.25) is 4.79 Å². The molecule has 21 heavy (non-hydrogen) atoms. The van der Waals surface area contributed by atoms with Crippen LogP contribution in [-0.4, -0.2) is 37.0 Å². The van der Waals surface area contributed by atoms with Crippen molar-refractivity contribution in [1.29, 1.82) is 0 Å². The van der Waals surface area contributed by atoms with Crippen LogP contribution in [0.25, 0.3) is 0 Å². The largest absolute Gasteiger partial charge is 0.352 e. The molecule has 3 nitrogen and oxygen atoms in total. The summed E-state index contributed by atoms with van der Waals surface area (Å²) in [6.07, 6.45) is 1.02. The number of piperidine rings is 1. The lowest BCUT2D eigenvalue weighted by Crippen LogP contribution is -2.51. The van der Waals surface area contributed by atoms with E-state index in [1.165, 1.54) is 11.1 Å². The number of benzene rings is 1. The Morgan fingerprint density at radius 2 is 2.00 bits per heavy atom. The first-order chi connectivity index (χ1) is 9.75. The van der Waals surface area contributed by atoms with Crippen molar-refractivity contribution < 1.29 is 4.79 Å². The standard InChI is InChI=1S/C18H28N2O/c1-13-7-6-8-14(9-13)15-10-16(12-20(5)11-15)19-17(21)18(2,3)4/h6-9,15-16H,10-12H2,1-5H3,(H,19,21). The highest BCUT2D eigenvalue weighted by molar-refractivity contribution is 5.81. The Labute approximate surface area is 128 Å². The summed E-state index contributed by atoms with van der Waals surface area (Å²) in [6, 6.07) is 8.98. The fraction of sp³-hybridized carbons (Fsp3) is 0.611. The van der Waals surface area contributed by atoms with Gasteiger partial charge in [0.1, 0.15) is 0 Å². The van der Waals surface area contributed by atoms with Crippen molar-refractivity contribution >= 4 is 5.91 Å². The maximum Gasteiger partial charge on any atom is 0.225 e. The van der Waals surface area contributed by atoms with Crippen LogP contribution in [0.2, 0.25) is 0 Å². The normalized spacial score (nSPS) is 23.9. The maximum absolute atomic E-state index is 12.2. The number of rotatable bonds is 2. The van der Waals surface area contributed by atoms with Crippen LogP contribution < -0.4 is 5.32 Å². The average Bonchev–Trinajstić information content (AvgIpc) is 2.37. The zero-order chi connectivity index (χ0) is 15.6. The molecule has 1 aliphatic rings. The van der Waals surface area contributed by atoms with Crippen molar-refractivity contribution in [3.63, 3.8) is 0 Å². The molecule has 0 spiro atoms. The highest BCUT2D eigenvalue weighted by Gasteiger charge is 2.30. The van der Waals surface area contributed by atoms with Gasteiger partial charge in [0, 0.05) is 24.5 Å². The molecule has 2 rings (SSSR count). The lowest BCUT2D eigenvalue weighted by atomic mass is 9.86. The Bertz CT molecular complexity index is 504. The Morgan fingerprint density at radius 1 is 1.29 bits per heavy atom. The van der Waals surface area contributed by atoms with Gasteiger partial charge in [-0.05, 0) is 31.9 Å². The number of likely N-dealkylation sites (N-methyl/N-ethyl adjacent to an activating group) is 1. The molecule has 3 heteroatoms. The zero-order valence-electron chi connectivity index (χ0n) is 13.9. The second-order valence-electron chi connectivity index (χ2n) is 7.49. The van der Waals surface area contributed by atoms with Crippen molar-refractivity contribution in [3.8, 4) is 0 Å². The number of nitrogens with one attached hydrogen (secondary N) is 1. The van der Waals surface area contributed by atoms with Crippen LogP contribution in [-0.2, 0) is 4.79 Å². The van der Waals surface area contributed by atoms with E-state index >= 15 is 0 Å². The molecule has 1 aromatic rings.